The van der Waals surface area contributed by atoms with Crippen molar-refractivity contribution >= 4 is 11.7 Å². The molecule has 0 aliphatic rings. The highest BCUT2D eigenvalue weighted by Gasteiger charge is 2.15. The third kappa shape index (κ3) is 4.89. The van der Waals surface area contributed by atoms with Crippen molar-refractivity contribution in [3.63, 3.8) is 0 Å². The van der Waals surface area contributed by atoms with Crippen molar-refractivity contribution in [2.75, 3.05) is 0 Å². The second-order valence-electron chi connectivity index (χ2n) is 5.38. The van der Waals surface area contributed by atoms with Crippen LogP contribution in [0.2, 0.25) is 0 Å². The number of nitrogens with zero attached hydrogens (tertiary/aromatic N) is 1. The first-order chi connectivity index (χ1) is 11.6. The molecule has 2 rings (SSSR count). The van der Waals surface area contributed by atoms with Gasteiger partial charge in [-0.3, -0.25) is 0 Å². The molecule has 1 atom stereocenters. The molecule has 0 heterocycles. The van der Waals surface area contributed by atoms with Gasteiger partial charge in [-0.05, 0) is 29.7 Å². The third-order valence-electron chi connectivity index (χ3n) is 3.67. The number of hydrogen-bond acceptors (Lipinski definition) is 4. The highest BCUT2D eigenvalue weighted by Crippen LogP contribution is 2.14. The van der Waals surface area contributed by atoms with Crippen LogP contribution in [0.15, 0.2) is 78.0 Å². The molecule has 2 aromatic rings. The normalized spacial score (nSPS) is 12.5. The van der Waals surface area contributed by atoms with E-state index in [-0.39, 0.29) is 6.42 Å². The van der Waals surface area contributed by atoms with Crippen LogP contribution in [0.4, 0.5) is 0 Å². The summed E-state index contributed by atoms with van der Waals surface area (Å²) in [6, 6.07) is 18.0. The van der Waals surface area contributed by atoms with Crippen molar-refractivity contribution in [3.05, 3.63) is 83.9 Å². The summed E-state index contributed by atoms with van der Waals surface area (Å²) in [5.74, 6) is -0.534. The lowest BCUT2D eigenvalue weighted by Gasteiger charge is -2.14. The van der Waals surface area contributed by atoms with Crippen LogP contribution in [-0.2, 0) is 4.84 Å². The topological polar surface area (TPSA) is 58.9 Å². The van der Waals surface area contributed by atoms with Crippen LogP contribution in [0, 0.1) is 0 Å². The molecule has 0 saturated carbocycles. The van der Waals surface area contributed by atoms with Crippen LogP contribution in [0.5, 0.6) is 0 Å². The van der Waals surface area contributed by atoms with E-state index >= 15 is 0 Å². The van der Waals surface area contributed by atoms with E-state index in [4.69, 9.17) is 4.84 Å². The zero-order chi connectivity index (χ0) is 17.4. The maximum absolute atomic E-state index is 12.0. The molecule has 0 aliphatic carbocycles. The Balaban J connectivity index is 2.19. The van der Waals surface area contributed by atoms with Crippen LogP contribution in [0.1, 0.15) is 35.7 Å². The summed E-state index contributed by atoms with van der Waals surface area (Å²) >= 11 is 0. The van der Waals surface area contributed by atoms with E-state index in [1.807, 2.05) is 43.3 Å². The van der Waals surface area contributed by atoms with Crippen molar-refractivity contribution in [2.45, 2.75) is 25.9 Å². The first-order valence-corrected chi connectivity index (χ1v) is 7.86. The van der Waals surface area contributed by atoms with Crippen LogP contribution < -0.4 is 0 Å². The van der Waals surface area contributed by atoms with Gasteiger partial charge in [0.05, 0.1) is 17.4 Å². The molecule has 4 nitrogen and oxygen atoms in total. The first-order valence-electron chi connectivity index (χ1n) is 7.86. The van der Waals surface area contributed by atoms with Crippen LogP contribution in [0.3, 0.4) is 0 Å². The maximum atomic E-state index is 12.0. The predicted octanol–water partition coefficient (Wildman–Crippen LogP) is 3.96. The van der Waals surface area contributed by atoms with Gasteiger partial charge in [-0.15, -0.1) is 0 Å². The molecule has 124 valence electrons. The molecular formula is C20H21NO3. The fourth-order valence-corrected chi connectivity index (χ4v) is 2.12. The second kappa shape index (κ2) is 8.79. The highest BCUT2D eigenvalue weighted by molar-refractivity contribution is 6.01. The van der Waals surface area contributed by atoms with Gasteiger partial charge < -0.3 is 9.94 Å². The van der Waals surface area contributed by atoms with Gasteiger partial charge in [0.1, 0.15) is 0 Å². The summed E-state index contributed by atoms with van der Waals surface area (Å²) in [7, 11) is 0. The van der Waals surface area contributed by atoms with Gasteiger partial charge in [0, 0.05) is 6.42 Å². The number of benzene rings is 2. The quantitative estimate of drug-likeness (QED) is 0.363. The smallest absolute Gasteiger partial charge is 0.365 e. The molecule has 0 aromatic heterocycles. The largest absolute Gasteiger partial charge is 0.388 e. The minimum atomic E-state index is -0.732. The van der Waals surface area contributed by atoms with E-state index in [0.29, 0.717) is 23.3 Å². The van der Waals surface area contributed by atoms with Crippen molar-refractivity contribution in [1.82, 2.24) is 0 Å². The summed E-state index contributed by atoms with van der Waals surface area (Å²) < 4.78 is 0. The Labute approximate surface area is 142 Å². The number of hydrogen-bond donors (Lipinski definition) is 1. The van der Waals surface area contributed by atoms with Gasteiger partial charge in [0.25, 0.3) is 0 Å². The zero-order valence-corrected chi connectivity index (χ0v) is 13.7. The lowest BCUT2D eigenvalue weighted by Crippen LogP contribution is -2.17. The molecule has 0 amide bonds. The van der Waals surface area contributed by atoms with E-state index in [2.05, 4.69) is 11.7 Å². The molecule has 0 fully saturated rings. The number of rotatable bonds is 7. The molecule has 0 saturated heterocycles. The fourth-order valence-electron chi connectivity index (χ4n) is 2.12. The third-order valence-corrected chi connectivity index (χ3v) is 3.67. The Hall–Kier alpha value is -2.72. The molecule has 1 N–H and O–H groups in total. The SMILES string of the molecule is C=C(CC)C(O)CC(=NOC(=O)c1ccccc1)c1ccccc1. The van der Waals surface area contributed by atoms with Crippen LogP contribution in [0.25, 0.3) is 0 Å². The summed E-state index contributed by atoms with van der Waals surface area (Å²) in [6.45, 7) is 5.78. The zero-order valence-electron chi connectivity index (χ0n) is 13.7. The molecule has 24 heavy (non-hydrogen) atoms. The van der Waals surface area contributed by atoms with Crippen molar-refractivity contribution in [1.29, 1.82) is 0 Å². The molecule has 0 radical (unpaired) electrons. The van der Waals surface area contributed by atoms with Gasteiger partial charge in [-0.25, -0.2) is 4.79 Å². The van der Waals surface area contributed by atoms with E-state index in [1.54, 1.807) is 24.3 Å². The Bertz CT molecular complexity index is 708. The molecule has 1 unspecified atom stereocenters. The Morgan fingerprint density at radius 2 is 1.62 bits per heavy atom. The minimum absolute atomic E-state index is 0.235. The predicted molar refractivity (Wildman–Crippen MR) is 94.9 cm³/mol. The fraction of sp³-hybridized carbons (Fsp3) is 0.200. The Morgan fingerprint density at radius 3 is 2.17 bits per heavy atom. The summed E-state index contributed by atoms with van der Waals surface area (Å²) in [4.78, 5) is 17.1. The molecular weight excluding hydrogens is 302 g/mol. The van der Waals surface area contributed by atoms with Crippen molar-refractivity contribution in [3.8, 4) is 0 Å². The van der Waals surface area contributed by atoms with Crippen LogP contribution in [-0.4, -0.2) is 22.9 Å². The minimum Gasteiger partial charge on any atom is -0.388 e. The van der Waals surface area contributed by atoms with Crippen molar-refractivity contribution < 1.29 is 14.7 Å². The summed E-state index contributed by atoms with van der Waals surface area (Å²) in [5, 5.41) is 14.2. The molecule has 4 heteroatoms. The van der Waals surface area contributed by atoms with Gasteiger partial charge in [-0.1, -0.05) is 67.2 Å². The van der Waals surface area contributed by atoms with Gasteiger partial charge in [0.15, 0.2) is 0 Å². The van der Waals surface area contributed by atoms with Crippen molar-refractivity contribution in [2.24, 2.45) is 5.16 Å². The monoisotopic (exact) mass is 323 g/mol. The lowest BCUT2D eigenvalue weighted by molar-refractivity contribution is 0.0514. The molecule has 0 bridgehead atoms. The number of oxime groups is 1. The highest BCUT2D eigenvalue weighted by atomic mass is 16.7. The lowest BCUT2D eigenvalue weighted by atomic mass is 9.99. The van der Waals surface area contributed by atoms with Gasteiger partial charge in [-0.2, -0.15) is 0 Å². The average Bonchev–Trinajstić information content (AvgIpc) is 2.65. The molecule has 2 aromatic carbocycles. The van der Waals surface area contributed by atoms with E-state index in [9.17, 15) is 9.90 Å². The molecule has 0 spiro atoms. The summed E-state index contributed by atoms with van der Waals surface area (Å²) in [5.41, 5.74) is 2.43. The van der Waals surface area contributed by atoms with Gasteiger partial charge in [0.2, 0.25) is 0 Å². The van der Waals surface area contributed by atoms with Gasteiger partial charge >= 0.3 is 5.97 Å². The van der Waals surface area contributed by atoms with E-state index < -0.39 is 12.1 Å². The average molecular weight is 323 g/mol. The first kappa shape index (κ1) is 17.6. The number of aliphatic hydroxyl groups excluding tert-OH is 1. The Kier molecular flexibility index (Phi) is 6.46. The second-order valence-corrected chi connectivity index (χ2v) is 5.38. The number of aliphatic hydroxyl groups is 1. The van der Waals surface area contributed by atoms with E-state index in [0.717, 1.165) is 5.56 Å². The number of carbonyl (C=O) groups is 1. The Morgan fingerprint density at radius 1 is 1.08 bits per heavy atom. The molecule has 0 aliphatic heterocycles. The van der Waals surface area contributed by atoms with Crippen LogP contribution >= 0.6 is 0 Å². The van der Waals surface area contributed by atoms with E-state index in [1.165, 1.54) is 0 Å². The summed E-state index contributed by atoms with van der Waals surface area (Å²) in [6.07, 6.45) is 0.176. The maximum Gasteiger partial charge on any atom is 0.365 e. The number of carbonyl (C=O) groups excluding carboxylic acids is 1. The standard InChI is InChI=1S/C20H21NO3/c1-3-15(2)19(22)14-18(16-10-6-4-7-11-16)21-24-20(23)17-12-8-5-9-13-17/h4-13,19,22H,2-3,14H2,1H3.